The zero-order valence-corrected chi connectivity index (χ0v) is 35.8. The molecule has 0 spiro atoms. The lowest BCUT2D eigenvalue weighted by molar-refractivity contribution is 1.28. The van der Waals surface area contributed by atoms with Crippen LogP contribution in [0.25, 0.3) is 98.7 Å². The number of benzene rings is 12. The van der Waals surface area contributed by atoms with Crippen LogP contribution >= 0.6 is 0 Å². The molecule has 0 fully saturated rings. The van der Waals surface area contributed by atoms with Crippen LogP contribution in [0.4, 0.5) is 17.1 Å². The van der Waals surface area contributed by atoms with Gasteiger partial charge in [0.2, 0.25) is 0 Å². The summed E-state index contributed by atoms with van der Waals surface area (Å²) in [6, 6.07) is 95.1. The van der Waals surface area contributed by atoms with Gasteiger partial charge in [-0.25, -0.2) is 0 Å². The molecule has 0 bridgehead atoms. The topological polar surface area (TPSA) is 3.24 Å². The molecule has 1 nitrogen and oxygen atoms in total. The molecule has 0 aromatic heterocycles. The van der Waals surface area contributed by atoms with Crippen molar-refractivity contribution in [1.29, 1.82) is 0 Å². The highest BCUT2D eigenvalue weighted by Crippen LogP contribution is 2.41. The Kier molecular flexibility index (Phi) is 9.58. The van der Waals surface area contributed by atoms with Crippen LogP contribution in [0.15, 0.2) is 261 Å². The van der Waals surface area contributed by atoms with Crippen molar-refractivity contribution in [2.75, 3.05) is 4.90 Å². The van der Waals surface area contributed by atoms with Gasteiger partial charge in [0.15, 0.2) is 0 Å². The lowest BCUT2D eigenvalue weighted by Gasteiger charge is -2.26. The first-order valence-electron chi connectivity index (χ1n) is 22.4. The van der Waals surface area contributed by atoms with E-state index in [0.717, 1.165) is 17.1 Å². The molecule has 12 rings (SSSR count). The summed E-state index contributed by atoms with van der Waals surface area (Å²) in [5.74, 6) is 0. The van der Waals surface area contributed by atoms with Gasteiger partial charge in [0, 0.05) is 17.1 Å². The molecule has 0 heterocycles. The Balaban J connectivity index is 0.902. The Morgan fingerprint density at radius 3 is 0.954 bits per heavy atom. The highest BCUT2D eigenvalue weighted by atomic mass is 15.1. The normalized spacial score (nSPS) is 11.4. The van der Waals surface area contributed by atoms with Crippen molar-refractivity contribution in [1.82, 2.24) is 0 Å². The summed E-state index contributed by atoms with van der Waals surface area (Å²) in [6.07, 6.45) is 0. The molecule has 304 valence electrons. The van der Waals surface area contributed by atoms with Gasteiger partial charge in [0.05, 0.1) is 0 Å². The summed E-state index contributed by atoms with van der Waals surface area (Å²) in [4.78, 5) is 2.37. The number of hydrogen-bond acceptors (Lipinski definition) is 1. The summed E-state index contributed by atoms with van der Waals surface area (Å²) in [6.45, 7) is 0. The molecule has 1 heteroatoms. The molecule has 12 aromatic carbocycles. The summed E-state index contributed by atoms with van der Waals surface area (Å²) >= 11 is 0. The first-order valence-corrected chi connectivity index (χ1v) is 22.4. The fourth-order valence-corrected chi connectivity index (χ4v) is 9.78. The monoisotopic (exact) mass is 825 g/mol. The lowest BCUT2D eigenvalue weighted by Crippen LogP contribution is -2.09. The standard InChI is InChI=1S/C64H43N/c1-2-13-44(14-3-1)50-17-12-18-51(41-50)47-31-37-55(38-32-47)65(56-39-33-49(34-40-56)64-43-53-16-5-7-20-58(53)60-22-9-11-24-62(60)64)54-35-29-46(30-36-54)45-25-27-48(28-26-45)63-42-52-15-4-6-19-57(52)59-21-8-10-23-61(59)63/h1-43H. The van der Waals surface area contributed by atoms with Crippen molar-refractivity contribution in [3.8, 4) is 55.6 Å². The van der Waals surface area contributed by atoms with Gasteiger partial charge >= 0.3 is 0 Å². The van der Waals surface area contributed by atoms with Gasteiger partial charge in [-0.15, -0.1) is 0 Å². The van der Waals surface area contributed by atoms with Gasteiger partial charge in [-0.1, -0.05) is 206 Å². The first kappa shape index (κ1) is 38.2. The maximum Gasteiger partial charge on any atom is 0.0462 e. The van der Waals surface area contributed by atoms with Crippen molar-refractivity contribution in [3.63, 3.8) is 0 Å². The maximum absolute atomic E-state index is 2.37. The van der Waals surface area contributed by atoms with Crippen molar-refractivity contribution < 1.29 is 0 Å². The first-order chi connectivity index (χ1) is 32.2. The highest BCUT2D eigenvalue weighted by Gasteiger charge is 2.16. The van der Waals surface area contributed by atoms with E-state index in [1.807, 2.05) is 0 Å². The number of hydrogen-bond donors (Lipinski definition) is 0. The largest absolute Gasteiger partial charge is 0.311 e. The minimum Gasteiger partial charge on any atom is -0.311 e. The third-order valence-corrected chi connectivity index (χ3v) is 13.1. The van der Waals surface area contributed by atoms with E-state index in [2.05, 4.69) is 266 Å². The van der Waals surface area contributed by atoms with E-state index in [0.29, 0.717) is 0 Å². The molecule has 0 aliphatic rings. The van der Waals surface area contributed by atoms with Crippen LogP contribution in [-0.2, 0) is 0 Å². The van der Waals surface area contributed by atoms with Crippen LogP contribution in [0.3, 0.4) is 0 Å². The Labute approximate surface area is 379 Å². The third-order valence-electron chi connectivity index (χ3n) is 13.1. The van der Waals surface area contributed by atoms with Crippen LogP contribution in [0, 0.1) is 0 Å². The van der Waals surface area contributed by atoms with Gasteiger partial charge in [-0.05, 0) is 153 Å². The summed E-state index contributed by atoms with van der Waals surface area (Å²) in [7, 11) is 0. The smallest absolute Gasteiger partial charge is 0.0462 e. The van der Waals surface area contributed by atoms with Crippen molar-refractivity contribution in [2.24, 2.45) is 0 Å². The average Bonchev–Trinajstić information content (AvgIpc) is 3.39. The molecule has 0 saturated carbocycles. The summed E-state index contributed by atoms with van der Waals surface area (Å²) in [5, 5.41) is 10.2. The molecule has 0 radical (unpaired) electrons. The van der Waals surface area contributed by atoms with Crippen LogP contribution < -0.4 is 4.90 Å². The molecule has 0 amide bonds. The number of rotatable bonds is 8. The molecule has 0 N–H and O–H groups in total. The minimum atomic E-state index is 1.09. The van der Waals surface area contributed by atoms with E-state index in [1.54, 1.807) is 0 Å². The molecule has 0 unspecified atom stereocenters. The zero-order valence-electron chi connectivity index (χ0n) is 35.8. The Bertz CT molecular complexity index is 3660. The number of anilines is 3. The van der Waals surface area contributed by atoms with Crippen molar-refractivity contribution in [3.05, 3.63) is 261 Å². The van der Waals surface area contributed by atoms with E-state index in [1.165, 1.54) is 98.7 Å². The van der Waals surface area contributed by atoms with E-state index in [9.17, 15) is 0 Å². The van der Waals surface area contributed by atoms with E-state index < -0.39 is 0 Å². The number of nitrogens with zero attached hydrogens (tertiary/aromatic N) is 1. The SMILES string of the molecule is c1ccc(-c2cccc(-c3ccc(N(c4ccc(-c5ccc(-c6cc7ccccc7c7ccccc67)cc5)cc4)c4ccc(-c5cc6ccccc6c6ccccc56)cc4)cc3)c2)cc1. The molecule has 12 aromatic rings. The van der Waals surface area contributed by atoms with Crippen LogP contribution in [0.1, 0.15) is 0 Å². The minimum absolute atomic E-state index is 1.09. The predicted octanol–water partition coefficient (Wildman–Crippen LogP) is 18.1. The summed E-state index contributed by atoms with van der Waals surface area (Å²) < 4.78 is 0. The highest BCUT2D eigenvalue weighted by molar-refractivity contribution is 6.15. The second kappa shape index (κ2) is 16.3. The third kappa shape index (κ3) is 7.10. The Morgan fingerprint density at radius 2 is 0.492 bits per heavy atom. The van der Waals surface area contributed by atoms with E-state index >= 15 is 0 Å². The second-order valence-corrected chi connectivity index (χ2v) is 16.9. The van der Waals surface area contributed by atoms with Gasteiger partial charge in [0.25, 0.3) is 0 Å². The van der Waals surface area contributed by atoms with Gasteiger partial charge in [-0.2, -0.15) is 0 Å². The zero-order chi connectivity index (χ0) is 43.1. The van der Waals surface area contributed by atoms with Crippen molar-refractivity contribution in [2.45, 2.75) is 0 Å². The van der Waals surface area contributed by atoms with Gasteiger partial charge in [-0.3, -0.25) is 0 Å². The van der Waals surface area contributed by atoms with E-state index in [-0.39, 0.29) is 0 Å². The van der Waals surface area contributed by atoms with Crippen LogP contribution in [0.2, 0.25) is 0 Å². The fraction of sp³-hybridized carbons (Fsp3) is 0. The van der Waals surface area contributed by atoms with Gasteiger partial charge in [0.1, 0.15) is 0 Å². The van der Waals surface area contributed by atoms with Gasteiger partial charge < -0.3 is 4.90 Å². The van der Waals surface area contributed by atoms with Crippen LogP contribution in [0.5, 0.6) is 0 Å². The molecule has 0 atom stereocenters. The summed E-state index contributed by atoms with van der Waals surface area (Å²) in [5.41, 5.74) is 15.4. The second-order valence-electron chi connectivity index (χ2n) is 16.9. The predicted molar refractivity (Wildman–Crippen MR) is 278 cm³/mol. The molecule has 0 saturated heterocycles. The number of fused-ring (bicyclic) bond motifs is 6. The molecule has 65 heavy (non-hydrogen) atoms. The Hall–Kier alpha value is -8.52. The van der Waals surface area contributed by atoms with E-state index in [4.69, 9.17) is 0 Å². The fourth-order valence-electron chi connectivity index (χ4n) is 9.78. The van der Waals surface area contributed by atoms with Crippen molar-refractivity contribution >= 4 is 60.2 Å². The Morgan fingerprint density at radius 1 is 0.185 bits per heavy atom. The molecule has 0 aliphatic carbocycles. The van der Waals surface area contributed by atoms with Crippen LogP contribution in [-0.4, -0.2) is 0 Å². The lowest BCUT2D eigenvalue weighted by atomic mass is 9.92. The maximum atomic E-state index is 2.37. The average molecular weight is 826 g/mol. The molecular formula is C64H43N. The quantitative estimate of drug-likeness (QED) is 0.138. The molecule has 0 aliphatic heterocycles. The molecular weight excluding hydrogens is 783 g/mol.